The molecule has 1 aliphatic rings. The van der Waals surface area contributed by atoms with E-state index in [-0.39, 0.29) is 17.5 Å². The van der Waals surface area contributed by atoms with Gasteiger partial charge in [-0.2, -0.15) is 0 Å². The maximum absolute atomic E-state index is 13.5. The third-order valence-corrected chi connectivity index (χ3v) is 5.41. The van der Waals surface area contributed by atoms with Crippen molar-refractivity contribution in [3.63, 3.8) is 0 Å². The zero-order chi connectivity index (χ0) is 22.1. The zero-order valence-electron chi connectivity index (χ0n) is 17.2. The molecule has 162 valence electrons. The second-order valence-corrected chi connectivity index (χ2v) is 7.57. The molecule has 0 spiro atoms. The first kappa shape index (κ1) is 20.1. The summed E-state index contributed by atoms with van der Waals surface area (Å²) in [5.41, 5.74) is 9.56. The average Bonchev–Trinajstić information content (AvgIpc) is 3.03. The SMILES string of the molecule is Nc1ncc(-c2ccc(C(=O)N3CCCOCC3)cc2)nc1-c1nc2ccc(F)cc2[nH]1. The van der Waals surface area contributed by atoms with Gasteiger partial charge >= 0.3 is 0 Å². The number of halogens is 1. The lowest BCUT2D eigenvalue weighted by Crippen LogP contribution is -2.33. The number of amides is 1. The molecule has 1 aliphatic heterocycles. The third kappa shape index (κ3) is 3.90. The summed E-state index contributed by atoms with van der Waals surface area (Å²) in [4.78, 5) is 31.0. The van der Waals surface area contributed by atoms with Gasteiger partial charge in [-0.1, -0.05) is 12.1 Å². The van der Waals surface area contributed by atoms with Gasteiger partial charge in [0.05, 0.1) is 29.5 Å². The fraction of sp³-hybridized carbons (Fsp3) is 0.217. The van der Waals surface area contributed by atoms with Crippen molar-refractivity contribution >= 4 is 22.8 Å². The van der Waals surface area contributed by atoms with Crippen molar-refractivity contribution in [1.29, 1.82) is 0 Å². The van der Waals surface area contributed by atoms with Crippen LogP contribution < -0.4 is 5.73 Å². The van der Waals surface area contributed by atoms with E-state index >= 15 is 0 Å². The summed E-state index contributed by atoms with van der Waals surface area (Å²) in [5, 5.41) is 0. The fourth-order valence-electron chi connectivity index (χ4n) is 3.72. The molecule has 9 heteroatoms. The summed E-state index contributed by atoms with van der Waals surface area (Å²) < 4.78 is 18.9. The Hall–Kier alpha value is -3.85. The van der Waals surface area contributed by atoms with Crippen LogP contribution in [0.2, 0.25) is 0 Å². The van der Waals surface area contributed by atoms with Crippen LogP contribution in [0.4, 0.5) is 10.2 Å². The molecular weight excluding hydrogens is 411 g/mol. The maximum atomic E-state index is 13.5. The Labute approximate surface area is 183 Å². The Bertz CT molecular complexity index is 1280. The smallest absolute Gasteiger partial charge is 0.253 e. The van der Waals surface area contributed by atoms with Gasteiger partial charge < -0.3 is 20.4 Å². The Morgan fingerprint density at radius 2 is 1.94 bits per heavy atom. The Morgan fingerprint density at radius 3 is 2.78 bits per heavy atom. The van der Waals surface area contributed by atoms with Gasteiger partial charge in [-0.05, 0) is 36.8 Å². The number of imidazole rings is 1. The number of aromatic nitrogens is 4. The topological polar surface area (TPSA) is 110 Å². The highest BCUT2D eigenvalue weighted by Crippen LogP contribution is 2.26. The maximum Gasteiger partial charge on any atom is 0.253 e. The van der Waals surface area contributed by atoms with Crippen molar-refractivity contribution in [1.82, 2.24) is 24.8 Å². The molecule has 3 heterocycles. The van der Waals surface area contributed by atoms with Crippen molar-refractivity contribution < 1.29 is 13.9 Å². The summed E-state index contributed by atoms with van der Waals surface area (Å²) in [7, 11) is 0. The van der Waals surface area contributed by atoms with Crippen molar-refractivity contribution in [2.75, 3.05) is 32.0 Å². The van der Waals surface area contributed by atoms with Crippen LogP contribution in [0.25, 0.3) is 33.8 Å². The predicted octanol–water partition coefficient (Wildman–Crippen LogP) is 3.27. The molecule has 5 rings (SSSR count). The number of fused-ring (bicyclic) bond motifs is 1. The van der Waals surface area contributed by atoms with Crippen LogP contribution >= 0.6 is 0 Å². The third-order valence-electron chi connectivity index (χ3n) is 5.41. The highest BCUT2D eigenvalue weighted by atomic mass is 19.1. The minimum absolute atomic E-state index is 0.0133. The number of hydrogen-bond donors (Lipinski definition) is 2. The molecule has 0 unspecified atom stereocenters. The molecule has 1 amide bonds. The van der Waals surface area contributed by atoms with Crippen LogP contribution in [-0.2, 0) is 4.74 Å². The van der Waals surface area contributed by atoms with Crippen LogP contribution in [0.15, 0.2) is 48.7 Å². The number of rotatable bonds is 3. The van der Waals surface area contributed by atoms with E-state index in [2.05, 4.69) is 19.9 Å². The molecule has 0 saturated carbocycles. The predicted molar refractivity (Wildman–Crippen MR) is 118 cm³/mol. The standard InChI is InChI=1S/C23H21FN6O2/c24-16-6-7-17-18(12-16)29-22(28-17)20-21(25)26-13-19(27-20)14-2-4-15(5-3-14)23(31)30-8-1-10-32-11-9-30/h2-7,12-13H,1,8-11H2,(H2,25,26)(H,28,29). The molecule has 3 N–H and O–H groups in total. The highest BCUT2D eigenvalue weighted by molar-refractivity contribution is 5.94. The highest BCUT2D eigenvalue weighted by Gasteiger charge is 2.18. The van der Waals surface area contributed by atoms with Crippen LogP contribution in [0, 0.1) is 5.82 Å². The number of hydrogen-bond acceptors (Lipinski definition) is 6. The second-order valence-electron chi connectivity index (χ2n) is 7.57. The van der Waals surface area contributed by atoms with Gasteiger partial charge in [-0.15, -0.1) is 0 Å². The summed E-state index contributed by atoms with van der Waals surface area (Å²) in [6.45, 7) is 2.52. The lowest BCUT2D eigenvalue weighted by atomic mass is 10.1. The molecule has 0 radical (unpaired) electrons. The van der Waals surface area contributed by atoms with E-state index in [1.165, 1.54) is 12.1 Å². The number of nitrogens with two attached hydrogens (primary N) is 1. The van der Waals surface area contributed by atoms with E-state index in [1.54, 1.807) is 24.4 Å². The fourth-order valence-corrected chi connectivity index (χ4v) is 3.72. The number of nitrogens with zero attached hydrogens (tertiary/aromatic N) is 4. The van der Waals surface area contributed by atoms with Crippen molar-refractivity contribution in [3.8, 4) is 22.8 Å². The summed E-state index contributed by atoms with van der Waals surface area (Å²) in [5.74, 6) is 0.250. The van der Waals surface area contributed by atoms with E-state index in [1.807, 2.05) is 17.0 Å². The molecule has 0 bridgehead atoms. The molecule has 0 aliphatic carbocycles. The van der Waals surface area contributed by atoms with E-state index < -0.39 is 0 Å². The first-order valence-corrected chi connectivity index (χ1v) is 10.3. The van der Waals surface area contributed by atoms with Gasteiger partial charge in [0.15, 0.2) is 11.6 Å². The largest absolute Gasteiger partial charge is 0.382 e. The number of ether oxygens (including phenoxy) is 1. The molecule has 8 nitrogen and oxygen atoms in total. The van der Waals surface area contributed by atoms with Crippen LogP contribution in [-0.4, -0.2) is 57.0 Å². The summed E-state index contributed by atoms with van der Waals surface area (Å²) >= 11 is 0. The van der Waals surface area contributed by atoms with Crippen LogP contribution in [0.3, 0.4) is 0 Å². The number of benzene rings is 2. The number of nitrogen functional groups attached to an aromatic ring is 1. The van der Waals surface area contributed by atoms with Gasteiger partial charge in [0.2, 0.25) is 0 Å². The minimum atomic E-state index is -0.358. The Balaban J connectivity index is 1.43. The normalized spacial score (nSPS) is 14.5. The van der Waals surface area contributed by atoms with Crippen molar-refractivity contribution in [2.45, 2.75) is 6.42 Å². The van der Waals surface area contributed by atoms with E-state index in [0.717, 1.165) is 12.0 Å². The monoisotopic (exact) mass is 432 g/mol. The molecule has 1 fully saturated rings. The lowest BCUT2D eigenvalue weighted by molar-refractivity contribution is 0.0741. The Morgan fingerprint density at radius 1 is 1.09 bits per heavy atom. The second kappa shape index (κ2) is 8.35. The van der Waals surface area contributed by atoms with Crippen molar-refractivity contribution in [2.24, 2.45) is 0 Å². The van der Waals surface area contributed by atoms with Gasteiger partial charge in [0, 0.05) is 30.8 Å². The number of carbonyl (C=O) groups is 1. The summed E-state index contributed by atoms with van der Waals surface area (Å²) in [6, 6.07) is 11.5. The number of aromatic amines is 1. The van der Waals surface area contributed by atoms with Gasteiger partial charge in [-0.25, -0.2) is 19.3 Å². The molecule has 4 aromatic rings. The van der Waals surface area contributed by atoms with Crippen LogP contribution in [0.5, 0.6) is 0 Å². The van der Waals surface area contributed by atoms with E-state index in [9.17, 15) is 9.18 Å². The van der Waals surface area contributed by atoms with Gasteiger partial charge in [0.1, 0.15) is 11.5 Å². The number of carbonyl (C=O) groups excluding carboxylic acids is 1. The first-order chi connectivity index (χ1) is 15.6. The van der Waals surface area contributed by atoms with Gasteiger partial charge in [-0.3, -0.25) is 4.79 Å². The van der Waals surface area contributed by atoms with Crippen LogP contribution in [0.1, 0.15) is 16.8 Å². The molecule has 2 aromatic heterocycles. The zero-order valence-corrected chi connectivity index (χ0v) is 17.2. The van der Waals surface area contributed by atoms with Crippen molar-refractivity contribution in [3.05, 3.63) is 60.0 Å². The Kier molecular flexibility index (Phi) is 5.24. The summed E-state index contributed by atoms with van der Waals surface area (Å²) in [6.07, 6.45) is 2.41. The molecule has 2 aromatic carbocycles. The first-order valence-electron chi connectivity index (χ1n) is 10.3. The molecular formula is C23H21FN6O2. The van der Waals surface area contributed by atoms with Gasteiger partial charge in [0.25, 0.3) is 5.91 Å². The molecule has 0 atom stereocenters. The minimum Gasteiger partial charge on any atom is -0.382 e. The quantitative estimate of drug-likeness (QED) is 0.514. The molecule has 1 saturated heterocycles. The molecule has 32 heavy (non-hydrogen) atoms. The average molecular weight is 432 g/mol. The number of nitrogens with one attached hydrogen (secondary N) is 1. The van der Waals surface area contributed by atoms with E-state index in [4.69, 9.17) is 10.5 Å². The number of anilines is 1. The lowest BCUT2D eigenvalue weighted by Gasteiger charge is -2.19. The number of H-pyrrole nitrogens is 1. The van der Waals surface area contributed by atoms with E-state index in [0.29, 0.717) is 60.1 Å².